The highest BCUT2D eigenvalue weighted by atomic mass is 127. The summed E-state index contributed by atoms with van der Waals surface area (Å²) in [6, 6.07) is 18.1. The summed E-state index contributed by atoms with van der Waals surface area (Å²) in [5.41, 5.74) is 3.65. The summed E-state index contributed by atoms with van der Waals surface area (Å²) in [5.74, 6) is 7.89. The predicted octanol–water partition coefficient (Wildman–Crippen LogP) is 8.00. The van der Waals surface area contributed by atoms with Crippen molar-refractivity contribution >= 4 is 22.6 Å². The van der Waals surface area contributed by atoms with Crippen molar-refractivity contribution in [3.8, 4) is 47.1 Å². The van der Waals surface area contributed by atoms with Crippen LogP contribution in [0.4, 0.5) is 26.3 Å². The minimum absolute atomic E-state index is 0.247. The van der Waals surface area contributed by atoms with Gasteiger partial charge in [-0.3, -0.25) is 9.97 Å². The minimum atomic E-state index is -4.71. The quantitative estimate of drug-likeness (QED) is 0.102. The van der Waals surface area contributed by atoms with Gasteiger partial charge >= 0.3 is 12.7 Å². The van der Waals surface area contributed by atoms with Crippen molar-refractivity contribution in [1.29, 1.82) is 0 Å². The normalized spacial score (nSPS) is 10.6. The third kappa shape index (κ3) is 12.7. The Kier molecular flexibility index (Phi) is 12.4. The van der Waals surface area contributed by atoms with E-state index < -0.39 is 12.7 Å². The monoisotopic (exact) mass is 786 g/mol. The number of hydrogen-bond acceptors (Lipinski definition) is 6. The number of terminal acetylenes is 1. The molecule has 0 bridgehead atoms. The lowest BCUT2D eigenvalue weighted by molar-refractivity contribution is -0.275. The van der Waals surface area contributed by atoms with Crippen molar-refractivity contribution in [2.24, 2.45) is 0 Å². The molecule has 0 unspecified atom stereocenters. The molecule has 0 saturated heterocycles. The molecule has 6 rings (SSSR count). The van der Waals surface area contributed by atoms with Crippen LogP contribution >= 0.6 is 22.6 Å². The first kappa shape index (κ1) is 36.0. The van der Waals surface area contributed by atoms with E-state index in [0.717, 1.165) is 14.7 Å². The van der Waals surface area contributed by atoms with Crippen molar-refractivity contribution in [2.75, 3.05) is 0 Å². The zero-order chi connectivity index (χ0) is 35.3. The molecule has 0 atom stereocenters. The van der Waals surface area contributed by atoms with Crippen LogP contribution in [-0.4, -0.2) is 42.3 Å². The van der Waals surface area contributed by atoms with E-state index in [2.05, 4.69) is 70.0 Å². The van der Waals surface area contributed by atoms with E-state index in [-0.39, 0.29) is 11.5 Å². The van der Waals surface area contributed by atoms with Crippen molar-refractivity contribution in [3.05, 3.63) is 143 Å². The number of nitrogens with zero attached hydrogens (tertiary/aromatic N) is 6. The second kappa shape index (κ2) is 16.8. The summed E-state index contributed by atoms with van der Waals surface area (Å²) in [6.07, 6.45) is 9.04. The van der Waals surface area contributed by atoms with E-state index in [1.165, 1.54) is 53.2 Å². The second-order valence-electron chi connectivity index (χ2n) is 9.23. The first-order valence-electron chi connectivity index (χ1n) is 13.6. The minimum Gasteiger partial charge on any atom is -0.406 e. The van der Waals surface area contributed by atoms with Gasteiger partial charge in [-0.05, 0) is 95.4 Å². The second-order valence-corrected chi connectivity index (χ2v) is 10.5. The van der Waals surface area contributed by atoms with Crippen LogP contribution < -0.4 is 9.47 Å². The van der Waals surface area contributed by atoms with Gasteiger partial charge in [-0.25, -0.2) is 9.36 Å². The Bertz CT molecular complexity index is 2010. The predicted molar refractivity (Wildman–Crippen MR) is 176 cm³/mol. The molecule has 0 saturated carbocycles. The zero-order valence-electron chi connectivity index (χ0n) is 24.8. The van der Waals surface area contributed by atoms with E-state index in [1.807, 2.05) is 0 Å². The van der Waals surface area contributed by atoms with Crippen LogP contribution in [0.25, 0.3) is 11.4 Å². The topological polar surface area (TPSA) is 79.9 Å². The molecule has 8 nitrogen and oxygen atoms in total. The molecule has 0 spiro atoms. The van der Waals surface area contributed by atoms with Crippen LogP contribution in [0, 0.1) is 27.8 Å². The zero-order valence-corrected chi connectivity index (χ0v) is 26.9. The molecule has 0 aliphatic heterocycles. The molecular formula is C34H21F6IN6O2. The summed E-state index contributed by atoms with van der Waals surface area (Å²) in [5, 5.41) is 8.18. The average molecular weight is 786 g/mol. The maximum atomic E-state index is 12.1. The standard InChI is InChI=1S/C17H10F3N3O.C10H6F3IN2O.C7H5N/c18-17(19,20)24-16-5-3-15(4-6-16)23-12-14(11-22-23)2-1-13-7-9-21-10-8-13;11-10(12,13)17-9-3-1-8(2-4-9)16-6-7(14)5-15-16;1-2-7-3-5-8-6-4-7/h3-12H;1-6H;1,3-6H. The molecule has 0 N–H and O–H groups in total. The van der Waals surface area contributed by atoms with Crippen molar-refractivity contribution in [2.45, 2.75) is 12.7 Å². The average Bonchev–Trinajstić information content (AvgIpc) is 3.74. The molecule has 0 aliphatic carbocycles. The molecule has 0 amide bonds. The first-order chi connectivity index (χ1) is 23.4. The van der Waals surface area contributed by atoms with E-state index >= 15 is 0 Å². The molecule has 248 valence electrons. The molecule has 49 heavy (non-hydrogen) atoms. The fourth-order valence-electron chi connectivity index (χ4n) is 3.60. The van der Waals surface area contributed by atoms with Gasteiger partial charge in [-0.2, -0.15) is 10.2 Å². The van der Waals surface area contributed by atoms with Gasteiger partial charge in [0.1, 0.15) is 11.5 Å². The number of benzene rings is 2. The maximum Gasteiger partial charge on any atom is 0.573 e. The lowest BCUT2D eigenvalue weighted by Gasteiger charge is -2.09. The molecule has 15 heteroatoms. The molecule has 4 aromatic heterocycles. The summed E-state index contributed by atoms with van der Waals surface area (Å²) >= 11 is 2.10. The third-order valence-corrected chi connectivity index (χ3v) is 6.24. The van der Waals surface area contributed by atoms with Gasteiger partial charge < -0.3 is 9.47 Å². The summed E-state index contributed by atoms with van der Waals surface area (Å²) in [4.78, 5) is 7.71. The number of pyridine rings is 2. The van der Waals surface area contributed by atoms with Gasteiger partial charge in [0.2, 0.25) is 0 Å². The van der Waals surface area contributed by atoms with Crippen LogP contribution in [0.5, 0.6) is 11.5 Å². The van der Waals surface area contributed by atoms with Crippen LogP contribution in [0.3, 0.4) is 0 Å². The number of halogens is 7. The number of rotatable bonds is 4. The van der Waals surface area contributed by atoms with E-state index in [1.54, 1.807) is 78.5 Å². The summed E-state index contributed by atoms with van der Waals surface area (Å²) < 4.78 is 83.8. The number of aromatic nitrogens is 6. The van der Waals surface area contributed by atoms with Gasteiger partial charge in [0.05, 0.1) is 32.9 Å². The van der Waals surface area contributed by atoms with Crippen molar-refractivity contribution < 1.29 is 35.8 Å². The first-order valence-corrected chi connectivity index (χ1v) is 14.7. The Balaban J connectivity index is 0.000000187. The smallest absolute Gasteiger partial charge is 0.406 e. The molecular weight excluding hydrogens is 765 g/mol. The van der Waals surface area contributed by atoms with Crippen LogP contribution in [-0.2, 0) is 0 Å². The number of ether oxygens (including phenoxy) is 2. The Hall–Kier alpha value is -5.81. The van der Waals surface area contributed by atoms with E-state index in [4.69, 9.17) is 6.42 Å². The Morgan fingerprint density at radius 3 is 1.41 bits per heavy atom. The molecule has 0 radical (unpaired) electrons. The van der Waals surface area contributed by atoms with Crippen LogP contribution in [0.1, 0.15) is 16.7 Å². The van der Waals surface area contributed by atoms with Gasteiger partial charge in [-0.15, -0.1) is 32.8 Å². The third-order valence-electron chi connectivity index (χ3n) is 5.68. The van der Waals surface area contributed by atoms with Crippen LogP contribution in [0.15, 0.2) is 122 Å². The number of hydrogen-bond donors (Lipinski definition) is 0. The van der Waals surface area contributed by atoms with Gasteiger partial charge in [-0.1, -0.05) is 17.8 Å². The highest BCUT2D eigenvalue weighted by Crippen LogP contribution is 2.25. The van der Waals surface area contributed by atoms with Gasteiger partial charge in [0.15, 0.2) is 0 Å². The molecule has 6 aromatic rings. The fourth-order valence-corrected chi connectivity index (χ4v) is 3.99. The Morgan fingerprint density at radius 1 is 0.571 bits per heavy atom. The molecule has 4 heterocycles. The van der Waals surface area contributed by atoms with E-state index in [9.17, 15) is 26.3 Å². The Morgan fingerprint density at radius 2 is 1.00 bits per heavy atom. The van der Waals surface area contributed by atoms with E-state index in [0.29, 0.717) is 16.9 Å². The summed E-state index contributed by atoms with van der Waals surface area (Å²) in [6.45, 7) is 0. The van der Waals surface area contributed by atoms with Crippen LogP contribution in [0.2, 0.25) is 0 Å². The molecule has 0 fully saturated rings. The van der Waals surface area contributed by atoms with Gasteiger partial charge in [0, 0.05) is 48.3 Å². The van der Waals surface area contributed by atoms with Gasteiger partial charge in [0.25, 0.3) is 0 Å². The maximum absolute atomic E-state index is 12.1. The van der Waals surface area contributed by atoms with Crippen molar-refractivity contribution in [1.82, 2.24) is 29.5 Å². The highest BCUT2D eigenvalue weighted by Gasteiger charge is 2.31. The highest BCUT2D eigenvalue weighted by molar-refractivity contribution is 14.1. The fraction of sp³-hybridized carbons (Fsp3) is 0.0588. The summed E-state index contributed by atoms with van der Waals surface area (Å²) in [7, 11) is 0. The molecule has 0 aliphatic rings. The SMILES string of the molecule is C#Cc1ccncc1.FC(F)(F)Oc1ccc(-n2cc(C#Cc3ccncc3)cn2)cc1.FC(F)(F)Oc1ccc(-n2cc(I)cn2)cc1. The molecule has 2 aromatic carbocycles. The number of alkyl halides is 6. The lowest BCUT2D eigenvalue weighted by atomic mass is 10.2. The largest absolute Gasteiger partial charge is 0.573 e. The van der Waals surface area contributed by atoms with Crippen molar-refractivity contribution in [3.63, 3.8) is 0 Å². The lowest BCUT2D eigenvalue weighted by Crippen LogP contribution is -2.17. The Labute approximate surface area is 289 Å².